The van der Waals surface area contributed by atoms with Crippen molar-refractivity contribution in [1.82, 2.24) is 10.6 Å². The summed E-state index contributed by atoms with van der Waals surface area (Å²) >= 11 is 0. The van der Waals surface area contributed by atoms with Gasteiger partial charge in [0.05, 0.1) is 19.6 Å². The van der Waals surface area contributed by atoms with Crippen LogP contribution in [0.3, 0.4) is 0 Å². The number of carbonyl (C=O) groups is 3. The fourth-order valence-electron chi connectivity index (χ4n) is 2.70. The number of aliphatic hydroxyl groups excluding tert-OH is 1. The van der Waals surface area contributed by atoms with Gasteiger partial charge in [-0.1, -0.05) is 60.7 Å². The van der Waals surface area contributed by atoms with Gasteiger partial charge in [0.1, 0.15) is 12.6 Å². The second kappa shape index (κ2) is 12.2. The third-order valence-electron chi connectivity index (χ3n) is 4.22. The fourth-order valence-corrected chi connectivity index (χ4v) is 2.70. The first-order valence-corrected chi connectivity index (χ1v) is 9.51. The highest BCUT2D eigenvalue weighted by molar-refractivity contribution is 5.84. The van der Waals surface area contributed by atoms with Crippen LogP contribution in [0.2, 0.25) is 0 Å². The van der Waals surface area contributed by atoms with Gasteiger partial charge < -0.3 is 25.2 Å². The molecule has 0 heterocycles. The molecule has 0 aliphatic heterocycles. The lowest BCUT2D eigenvalue weighted by Gasteiger charge is -2.18. The average Bonchev–Trinajstić information content (AvgIpc) is 2.76. The molecule has 2 atom stereocenters. The van der Waals surface area contributed by atoms with Crippen LogP contribution in [0.1, 0.15) is 17.5 Å². The highest BCUT2D eigenvalue weighted by Crippen LogP contribution is 2.05. The fraction of sp³-hybridized carbons (Fsp3) is 0.318. The summed E-state index contributed by atoms with van der Waals surface area (Å²) in [5, 5.41) is 15.0. The molecule has 2 amide bonds. The lowest BCUT2D eigenvalue weighted by atomic mass is 10.1. The Morgan fingerprint density at radius 2 is 1.57 bits per heavy atom. The topological polar surface area (TPSA) is 114 Å². The Morgan fingerprint density at radius 3 is 2.17 bits per heavy atom. The van der Waals surface area contributed by atoms with Crippen LogP contribution in [-0.2, 0) is 32.1 Å². The van der Waals surface area contributed by atoms with Crippen molar-refractivity contribution in [3.05, 3.63) is 71.8 Å². The van der Waals surface area contributed by atoms with Gasteiger partial charge in [0.2, 0.25) is 5.91 Å². The normalized spacial score (nSPS) is 12.3. The number of hydrogen-bond acceptors (Lipinski definition) is 6. The number of benzene rings is 2. The lowest BCUT2D eigenvalue weighted by Crippen LogP contribution is -2.45. The average molecular weight is 414 g/mol. The van der Waals surface area contributed by atoms with Crippen LogP contribution < -0.4 is 10.6 Å². The van der Waals surface area contributed by atoms with Crippen LogP contribution >= 0.6 is 0 Å². The van der Waals surface area contributed by atoms with E-state index in [4.69, 9.17) is 9.47 Å². The zero-order valence-corrected chi connectivity index (χ0v) is 16.7. The molecule has 2 aromatic carbocycles. The number of carbonyl (C=O) groups excluding carboxylic acids is 3. The van der Waals surface area contributed by atoms with E-state index in [0.29, 0.717) is 0 Å². The molecule has 0 bridgehead atoms. The maximum absolute atomic E-state index is 12.2. The number of amides is 2. The second-order valence-electron chi connectivity index (χ2n) is 6.63. The van der Waals surface area contributed by atoms with Gasteiger partial charge in [0.25, 0.3) is 0 Å². The summed E-state index contributed by atoms with van der Waals surface area (Å²) in [6.45, 7) is -0.0633. The van der Waals surface area contributed by atoms with Crippen molar-refractivity contribution in [3.63, 3.8) is 0 Å². The van der Waals surface area contributed by atoms with Crippen LogP contribution in [0.4, 0.5) is 4.79 Å². The van der Waals surface area contributed by atoms with Crippen molar-refractivity contribution in [3.8, 4) is 0 Å². The van der Waals surface area contributed by atoms with Crippen molar-refractivity contribution in [1.29, 1.82) is 0 Å². The van der Waals surface area contributed by atoms with Gasteiger partial charge in [-0.05, 0) is 11.1 Å². The lowest BCUT2D eigenvalue weighted by molar-refractivity contribution is -0.145. The second-order valence-corrected chi connectivity index (χ2v) is 6.63. The molecular formula is C22H26N2O6. The molecule has 0 aliphatic carbocycles. The van der Waals surface area contributed by atoms with Crippen molar-refractivity contribution < 1.29 is 29.0 Å². The van der Waals surface area contributed by atoms with Crippen LogP contribution in [0.5, 0.6) is 0 Å². The molecule has 0 radical (unpaired) electrons. The van der Waals surface area contributed by atoms with Gasteiger partial charge in [-0.25, -0.2) is 9.59 Å². The number of ether oxygens (including phenoxy) is 2. The van der Waals surface area contributed by atoms with Crippen molar-refractivity contribution in [2.75, 3.05) is 13.7 Å². The van der Waals surface area contributed by atoms with Gasteiger partial charge in [0, 0.05) is 13.0 Å². The Labute approximate surface area is 175 Å². The third kappa shape index (κ3) is 8.32. The molecule has 160 valence electrons. The maximum Gasteiger partial charge on any atom is 0.407 e. The standard InChI is InChI=1S/C22H26N2O6/c1-29-21(27)19(12-16-8-4-2-5-9-16)24-20(26)13-18(25)14-23-22(28)30-15-17-10-6-3-7-11-17/h2-11,18-19,25H,12-15H2,1H3,(H,23,28)(H,24,26)/t18-,19-/m1/s1. The van der Waals surface area contributed by atoms with Crippen molar-refractivity contribution in [2.45, 2.75) is 31.6 Å². The molecule has 0 unspecified atom stereocenters. The van der Waals surface area contributed by atoms with Crippen molar-refractivity contribution >= 4 is 18.0 Å². The zero-order chi connectivity index (χ0) is 21.8. The molecule has 0 spiro atoms. The van der Waals surface area contributed by atoms with E-state index in [2.05, 4.69) is 10.6 Å². The number of alkyl carbamates (subject to hydrolysis) is 1. The summed E-state index contributed by atoms with van der Waals surface area (Å²) in [7, 11) is 1.24. The Balaban J connectivity index is 1.74. The van der Waals surface area contributed by atoms with E-state index in [-0.39, 0.29) is 26.0 Å². The van der Waals surface area contributed by atoms with E-state index in [1.54, 1.807) is 0 Å². The number of hydrogen-bond donors (Lipinski definition) is 3. The highest BCUT2D eigenvalue weighted by atomic mass is 16.5. The number of esters is 1. The molecule has 0 saturated heterocycles. The summed E-state index contributed by atoms with van der Waals surface area (Å²) in [5.74, 6) is -1.11. The molecule has 30 heavy (non-hydrogen) atoms. The number of rotatable bonds is 10. The molecule has 0 fully saturated rings. The maximum atomic E-state index is 12.2. The van der Waals surface area contributed by atoms with E-state index in [1.807, 2.05) is 60.7 Å². The van der Waals surface area contributed by atoms with E-state index >= 15 is 0 Å². The monoisotopic (exact) mass is 414 g/mol. The summed E-state index contributed by atoms with van der Waals surface area (Å²) in [4.78, 5) is 35.9. The molecule has 0 saturated carbocycles. The van der Waals surface area contributed by atoms with Gasteiger partial charge in [-0.15, -0.1) is 0 Å². The highest BCUT2D eigenvalue weighted by Gasteiger charge is 2.23. The van der Waals surface area contributed by atoms with E-state index in [9.17, 15) is 19.5 Å². The predicted octanol–water partition coefficient (Wildman–Crippen LogP) is 1.56. The summed E-state index contributed by atoms with van der Waals surface area (Å²) < 4.78 is 9.78. The molecule has 2 aromatic rings. The van der Waals surface area contributed by atoms with Crippen LogP contribution in [0.25, 0.3) is 0 Å². The minimum absolute atomic E-state index is 0.101. The largest absolute Gasteiger partial charge is 0.467 e. The van der Waals surface area contributed by atoms with Gasteiger partial charge in [-0.3, -0.25) is 4.79 Å². The minimum atomic E-state index is -1.13. The SMILES string of the molecule is COC(=O)[C@@H](Cc1ccccc1)NC(=O)C[C@@H](O)CNC(=O)OCc1ccccc1. The Morgan fingerprint density at radius 1 is 0.967 bits per heavy atom. The minimum Gasteiger partial charge on any atom is -0.467 e. The molecule has 0 aliphatic rings. The van der Waals surface area contributed by atoms with Crippen LogP contribution in [0, 0.1) is 0 Å². The zero-order valence-electron chi connectivity index (χ0n) is 16.7. The quantitative estimate of drug-likeness (QED) is 0.509. The van der Waals surface area contributed by atoms with Crippen molar-refractivity contribution in [2.24, 2.45) is 0 Å². The summed E-state index contributed by atoms with van der Waals surface area (Å²) in [6.07, 6.45) is -1.86. The summed E-state index contributed by atoms with van der Waals surface area (Å²) in [6, 6.07) is 17.5. The number of nitrogens with one attached hydrogen (secondary N) is 2. The molecule has 8 heteroatoms. The first kappa shape index (κ1) is 22.9. The summed E-state index contributed by atoms with van der Waals surface area (Å²) in [5.41, 5.74) is 1.69. The Kier molecular flexibility index (Phi) is 9.33. The first-order chi connectivity index (χ1) is 14.5. The van der Waals surface area contributed by atoms with Gasteiger partial charge >= 0.3 is 12.1 Å². The first-order valence-electron chi connectivity index (χ1n) is 9.51. The van der Waals surface area contributed by atoms with E-state index < -0.39 is 30.1 Å². The Hall–Kier alpha value is -3.39. The predicted molar refractivity (Wildman–Crippen MR) is 109 cm³/mol. The molecule has 8 nitrogen and oxygen atoms in total. The third-order valence-corrected chi connectivity index (χ3v) is 4.22. The molecular weight excluding hydrogens is 388 g/mol. The smallest absolute Gasteiger partial charge is 0.407 e. The van der Waals surface area contributed by atoms with Gasteiger partial charge in [-0.2, -0.15) is 0 Å². The van der Waals surface area contributed by atoms with E-state index in [1.165, 1.54) is 7.11 Å². The number of aliphatic hydroxyl groups is 1. The van der Waals surface area contributed by atoms with Crippen LogP contribution in [-0.4, -0.2) is 48.9 Å². The van der Waals surface area contributed by atoms with E-state index in [0.717, 1.165) is 11.1 Å². The van der Waals surface area contributed by atoms with Gasteiger partial charge in [0.15, 0.2) is 0 Å². The molecule has 2 rings (SSSR count). The van der Waals surface area contributed by atoms with Crippen LogP contribution in [0.15, 0.2) is 60.7 Å². The Bertz CT molecular complexity index is 813. The molecule has 0 aromatic heterocycles. The number of methoxy groups -OCH3 is 1. The molecule has 3 N–H and O–H groups in total.